The maximum Gasteiger partial charge on any atom is 0.178 e. The lowest BCUT2D eigenvalue weighted by Crippen LogP contribution is -2.34. The first-order chi connectivity index (χ1) is 11.5. The third-order valence-electron chi connectivity index (χ3n) is 4.71. The van der Waals surface area contributed by atoms with Crippen LogP contribution in [0.15, 0.2) is 24.3 Å². The zero-order valence-electron chi connectivity index (χ0n) is 14.1. The molecule has 0 spiro atoms. The number of hydrogen-bond acceptors (Lipinski definition) is 2. The van der Waals surface area contributed by atoms with Crippen molar-refractivity contribution in [3.05, 3.63) is 52.1 Å². The Kier molecular flexibility index (Phi) is 5.07. The van der Waals surface area contributed by atoms with Crippen LogP contribution in [0.1, 0.15) is 41.0 Å². The van der Waals surface area contributed by atoms with Crippen molar-refractivity contribution in [2.45, 2.75) is 33.1 Å². The number of aromatic nitrogens is 1. The van der Waals surface area contributed by atoms with Crippen molar-refractivity contribution in [2.75, 3.05) is 19.6 Å². The Hall–Kier alpha value is -1.65. The Bertz CT molecular complexity index is 763. The largest absolute Gasteiger partial charge is 0.318 e. The highest BCUT2D eigenvalue weighted by Crippen LogP contribution is 2.24. The number of hydrogen-bond donors (Lipinski definition) is 0. The smallest absolute Gasteiger partial charge is 0.178 e. The second kappa shape index (κ2) is 7.08. The molecule has 2 heterocycles. The third kappa shape index (κ3) is 3.40. The molecule has 0 amide bonds. The number of carbonyl (C=O) groups excluding carboxylic acids is 1. The fraction of sp³-hybridized carbons (Fsp3) is 0.421. The molecule has 0 saturated carbocycles. The summed E-state index contributed by atoms with van der Waals surface area (Å²) in [6.45, 7) is 6.28. The van der Waals surface area contributed by atoms with Crippen LogP contribution < -0.4 is 0 Å². The molecule has 1 aromatic carbocycles. The van der Waals surface area contributed by atoms with Gasteiger partial charge in [-0.2, -0.15) is 0 Å². The molecule has 0 N–H and O–H groups in total. The van der Waals surface area contributed by atoms with Gasteiger partial charge in [-0.05, 0) is 64.0 Å². The molecule has 0 unspecified atom stereocenters. The number of piperidine rings is 1. The molecule has 2 aromatic rings. The lowest BCUT2D eigenvalue weighted by atomic mass is 10.1. The summed E-state index contributed by atoms with van der Waals surface area (Å²) in [5, 5.41) is 0.0996. The molecule has 0 aliphatic carbocycles. The Morgan fingerprint density at radius 2 is 1.88 bits per heavy atom. The van der Waals surface area contributed by atoms with E-state index in [1.807, 2.05) is 24.5 Å². The van der Waals surface area contributed by atoms with E-state index in [1.165, 1.54) is 12.5 Å². The normalized spacial score (nSPS) is 15.7. The first kappa shape index (κ1) is 17.2. The summed E-state index contributed by atoms with van der Waals surface area (Å²) in [5.41, 5.74) is 3.16. The quantitative estimate of drug-likeness (QED) is 0.757. The lowest BCUT2D eigenvalue weighted by Gasteiger charge is -2.25. The monoisotopic (exact) mass is 348 g/mol. The molecule has 0 atom stereocenters. The van der Waals surface area contributed by atoms with Crippen LogP contribution in [0.4, 0.5) is 4.39 Å². The number of carbonyl (C=O) groups is 1. The van der Waals surface area contributed by atoms with Crippen molar-refractivity contribution in [1.29, 1.82) is 0 Å². The number of likely N-dealkylation sites (tertiary alicyclic amines) is 1. The van der Waals surface area contributed by atoms with Crippen LogP contribution in [0.3, 0.4) is 0 Å². The van der Waals surface area contributed by atoms with E-state index in [1.54, 1.807) is 12.1 Å². The van der Waals surface area contributed by atoms with E-state index < -0.39 is 5.82 Å². The number of nitrogens with zero attached hydrogens (tertiary/aromatic N) is 2. The van der Waals surface area contributed by atoms with Gasteiger partial charge in [0.15, 0.2) is 5.78 Å². The van der Waals surface area contributed by atoms with E-state index in [0.717, 1.165) is 37.3 Å². The van der Waals surface area contributed by atoms with E-state index in [9.17, 15) is 9.18 Å². The molecule has 1 aliphatic heterocycles. The predicted molar refractivity (Wildman–Crippen MR) is 94.8 cm³/mol. The number of aryl methyl sites for hydroxylation is 1. The molecular weight excluding hydrogens is 327 g/mol. The molecule has 1 aromatic heterocycles. The fourth-order valence-corrected chi connectivity index (χ4v) is 3.59. The van der Waals surface area contributed by atoms with Gasteiger partial charge in [-0.1, -0.05) is 18.0 Å². The van der Waals surface area contributed by atoms with Gasteiger partial charge in [0.05, 0.1) is 11.6 Å². The molecule has 1 fully saturated rings. The molecule has 0 bridgehead atoms. The molecule has 3 nitrogen and oxygen atoms in total. The van der Waals surface area contributed by atoms with Crippen LogP contribution >= 0.6 is 11.6 Å². The van der Waals surface area contributed by atoms with Crippen molar-refractivity contribution >= 4 is 17.4 Å². The third-order valence-corrected chi connectivity index (χ3v) is 5.02. The second-order valence-electron chi connectivity index (χ2n) is 6.48. The molecule has 1 aliphatic rings. The summed E-state index contributed by atoms with van der Waals surface area (Å²) < 4.78 is 15.7. The summed E-state index contributed by atoms with van der Waals surface area (Å²) in [7, 11) is 0. The highest BCUT2D eigenvalue weighted by molar-refractivity contribution is 6.30. The van der Waals surface area contributed by atoms with Crippen molar-refractivity contribution in [3.63, 3.8) is 0 Å². The van der Waals surface area contributed by atoms with Crippen LogP contribution in [0.5, 0.6) is 0 Å². The van der Waals surface area contributed by atoms with Gasteiger partial charge in [-0.15, -0.1) is 0 Å². The number of Topliss-reactive ketones (excluding diaryl/α,β-unsaturated/α-hetero) is 1. The average molecular weight is 349 g/mol. The molecular formula is C19H22ClFN2O. The Balaban J connectivity index is 1.88. The van der Waals surface area contributed by atoms with E-state index in [-0.39, 0.29) is 10.8 Å². The van der Waals surface area contributed by atoms with E-state index in [0.29, 0.717) is 17.8 Å². The van der Waals surface area contributed by atoms with Gasteiger partial charge in [0.1, 0.15) is 5.82 Å². The van der Waals surface area contributed by atoms with Gasteiger partial charge < -0.3 is 4.57 Å². The number of halogens is 2. The first-order valence-electron chi connectivity index (χ1n) is 8.37. The minimum Gasteiger partial charge on any atom is -0.318 e. The van der Waals surface area contributed by atoms with Gasteiger partial charge in [-0.25, -0.2) is 4.39 Å². The number of rotatable bonds is 4. The van der Waals surface area contributed by atoms with Crippen LogP contribution in [0, 0.1) is 19.7 Å². The molecule has 0 radical (unpaired) electrons. The second-order valence-corrected chi connectivity index (χ2v) is 6.89. The predicted octanol–water partition coefficient (Wildman–Crippen LogP) is 4.56. The van der Waals surface area contributed by atoms with Crippen LogP contribution in [0.25, 0.3) is 5.69 Å². The molecule has 3 rings (SSSR count). The Labute approximate surface area is 147 Å². The highest BCUT2D eigenvalue weighted by Gasteiger charge is 2.20. The van der Waals surface area contributed by atoms with Crippen LogP contribution in [-0.2, 0) is 0 Å². The van der Waals surface area contributed by atoms with Gasteiger partial charge in [0.25, 0.3) is 0 Å². The summed E-state index contributed by atoms with van der Waals surface area (Å²) in [6.07, 6.45) is 3.58. The van der Waals surface area contributed by atoms with Gasteiger partial charge in [0, 0.05) is 22.6 Å². The number of ketones is 1. The standard InChI is InChI=1S/C19H22ClFN2O/c1-13-10-16(19(24)12-22-8-4-3-5-9-22)14(2)23(13)15-6-7-17(20)18(21)11-15/h6-7,10-11H,3-5,8-9,12H2,1-2H3. The summed E-state index contributed by atoms with van der Waals surface area (Å²) >= 11 is 5.77. The van der Waals surface area contributed by atoms with Gasteiger partial charge in [0.2, 0.25) is 0 Å². The van der Waals surface area contributed by atoms with Crippen molar-refractivity contribution in [2.24, 2.45) is 0 Å². The Morgan fingerprint density at radius 3 is 2.54 bits per heavy atom. The first-order valence-corrected chi connectivity index (χ1v) is 8.75. The van der Waals surface area contributed by atoms with Gasteiger partial charge >= 0.3 is 0 Å². The fourth-order valence-electron chi connectivity index (χ4n) is 3.47. The molecule has 128 valence electrons. The van der Waals surface area contributed by atoms with E-state index in [4.69, 9.17) is 11.6 Å². The van der Waals surface area contributed by atoms with Crippen molar-refractivity contribution < 1.29 is 9.18 Å². The van der Waals surface area contributed by atoms with Crippen LogP contribution in [0.2, 0.25) is 5.02 Å². The van der Waals surface area contributed by atoms with E-state index >= 15 is 0 Å². The lowest BCUT2D eigenvalue weighted by molar-refractivity contribution is 0.0915. The number of benzene rings is 1. The van der Waals surface area contributed by atoms with Crippen molar-refractivity contribution in [3.8, 4) is 5.69 Å². The zero-order chi connectivity index (χ0) is 17.3. The molecule has 1 saturated heterocycles. The maximum absolute atomic E-state index is 13.8. The minimum atomic E-state index is -0.456. The van der Waals surface area contributed by atoms with Gasteiger partial charge in [-0.3, -0.25) is 9.69 Å². The molecule has 5 heteroatoms. The summed E-state index contributed by atoms with van der Waals surface area (Å²) in [4.78, 5) is 14.9. The van der Waals surface area contributed by atoms with Crippen molar-refractivity contribution in [1.82, 2.24) is 9.47 Å². The summed E-state index contributed by atoms with van der Waals surface area (Å²) in [6, 6.07) is 6.61. The molecule has 24 heavy (non-hydrogen) atoms. The average Bonchev–Trinajstić information content (AvgIpc) is 2.86. The minimum absolute atomic E-state index is 0.0996. The topological polar surface area (TPSA) is 25.2 Å². The zero-order valence-corrected chi connectivity index (χ0v) is 14.9. The van der Waals surface area contributed by atoms with E-state index in [2.05, 4.69) is 4.90 Å². The SMILES string of the molecule is Cc1cc(C(=O)CN2CCCCC2)c(C)n1-c1ccc(Cl)c(F)c1. The Morgan fingerprint density at radius 1 is 1.17 bits per heavy atom. The summed E-state index contributed by atoms with van der Waals surface area (Å²) in [5.74, 6) is -0.325. The maximum atomic E-state index is 13.8. The van der Waals surface area contributed by atoms with Crippen LogP contribution in [-0.4, -0.2) is 34.9 Å². The highest BCUT2D eigenvalue weighted by atomic mass is 35.5.